The first-order chi connectivity index (χ1) is 6.66. The monoisotopic (exact) mass is 185 g/mol. The van der Waals surface area contributed by atoms with Crippen LogP contribution in [0.2, 0.25) is 0 Å². The highest BCUT2D eigenvalue weighted by Crippen LogP contribution is 2.22. The van der Waals surface area contributed by atoms with E-state index >= 15 is 0 Å². The van der Waals surface area contributed by atoms with Gasteiger partial charge in [0.15, 0.2) is 0 Å². The van der Waals surface area contributed by atoms with Crippen molar-refractivity contribution in [2.45, 2.75) is 13.8 Å². The van der Waals surface area contributed by atoms with Gasteiger partial charge in [-0.3, -0.25) is 4.68 Å². The Morgan fingerprint density at radius 1 is 1.29 bits per heavy atom. The van der Waals surface area contributed by atoms with E-state index in [1.165, 1.54) is 16.7 Å². The van der Waals surface area contributed by atoms with Crippen LogP contribution in [0, 0.1) is 20.0 Å². The molecule has 1 heterocycles. The number of benzene rings is 1. The van der Waals surface area contributed by atoms with Crippen molar-refractivity contribution in [2.75, 3.05) is 0 Å². The van der Waals surface area contributed by atoms with Crippen LogP contribution in [-0.4, -0.2) is 9.78 Å². The smallest absolute Gasteiger partial charge is 0.0932 e. The SMILES string of the molecule is Cc1ccc(C)c(-c2c[c]n(C)n2)c1. The summed E-state index contributed by atoms with van der Waals surface area (Å²) in [5.74, 6) is 0. The van der Waals surface area contributed by atoms with Crippen molar-refractivity contribution < 1.29 is 0 Å². The van der Waals surface area contributed by atoms with Gasteiger partial charge in [-0.2, -0.15) is 5.10 Å². The van der Waals surface area contributed by atoms with Gasteiger partial charge in [0.25, 0.3) is 0 Å². The highest BCUT2D eigenvalue weighted by Gasteiger charge is 2.04. The lowest BCUT2D eigenvalue weighted by atomic mass is 10.0. The number of nitrogens with zero attached hydrogens (tertiary/aromatic N) is 2. The lowest BCUT2D eigenvalue weighted by Crippen LogP contribution is -1.90. The van der Waals surface area contributed by atoms with Crippen molar-refractivity contribution in [1.82, 2.24) is 9.78 Å². The fourth-order valence-electron chi connectivity index (χ4n) is 1.52. The minimum Gasteiger partial charge on any atom is -0.266 e. The van der Waals surface area contributed by atoms with Gasteiger partial charge in [0.05, 0.1) is 11.9 Å². The summed E-state index contributed by atoms with van der Waals surface area (Å²) in [6.45, 7) is 4.19. The van der Waals surface area contributed by atoms with E-state index in [0.717, 1.165) is 5.69 Å². The lowest BCUT2D eigenvalue weighted by Gasteiger charge is -2.03. The van der Waals surface area contributed by atoms with Crippen LogP contribution in [-0.2, 0) is 7.05 Å². The summed E-state index contributed by atoms with van der Waals surface area (Å²) in [5.41, 5.74) is 4.70. The number of aromatic nitrogens is 2. The van der Waals surface area contributed by atoms with E-state index in [1.807, 2.05) is 13.1 Å². The molecule has 2 rings (SSSR count). The van der Waals surface area contributed by atoms with Crippen LogP contribution in [0.3, 0.4) is 0 Å². The highest BCUT2D eigenvalue weighted by atomic mass is 15.2. The normalized spacial score (nSPS) is 10.5. The fourth-order valence-corrected chi connectivity index (χ4v) is 1.52. The second kappa shape index (κ2) is 3.29. The maximum absolute atomic E-state index is 4.34. The fraction of sp³-hybridized carbons (Fsp3) is 0.250. The second-order valence-corrected chi connectivity index (χ2v) is 3.60. The molecular formula is C12H13N2. The predicted molar refractivity (Wildman–Crippen MR) is 57.0 cm³/mol. The second-order valence-electron chi connectivity index (χ2n) is 3.60. The van der Waals surface area contributed by atoms with Crippen molar-refractivity contribution in [1.29, 1.82) is 0 Å². The minimum atomic E-state index is 0.994. The Balaban J connectivity index is 2.55. The number of hydrogen-bond acceptors (Lipinski definition) is 1. The molecule has 0 saturated carbocycles. The standard InChI is InChI=1S/C12H13N2/c1-9-4-5-10(2)11(8-9)12-6-7-14(3)13-12/h4-6,8H,1-3H3. The molecule has 2 heteroatoms. The maximum atomic E-state index is 4.34. The van der Waals surface area contributed by atoms with Crippen molar-refractivity contribution in [2.24, 2.45) is 7.05 Å². The molecule has 0 saturated heterocycles. The van der Waals surface area contributed by atoms with E-state index in [4.69, 9.17) is 0 Å². The van der Waals surface area contributed by atoms with Crippen LogP contribution in [0.15, 0.2) is 24.3 Å². The molecule has 0 bridgehead atoms. The molecule has 2 aromatic rings. The molecule has 0 aliphatic carbocycles. The predicted octanol–water partition coefficient (Wildman–Crippen LogP) is 2.50. The molecular weight excluding hydrogens is 172 g/mol. The third-order valence-electron chi connectivity index (χ3n) is 2.31. The summed E-state index contributed by atoms with van der Waals surface area (Å²) in [4.78, 5) is 0. The zero-order valence-electron chi connectivity index (χ0n) is 8.70. The number of hydrogen-bond donors (Lipinski definition) is 0. The van der Waals surface area contributed by atoms with Gasteiger partial charge >= 0.3 is 0 Å². The minimum absolute atomic E-state index is 0.994. The Morgan fingerprint density at radius 3 is 2.71 bits per heavy atom. The summed E-state index contributed by atoms with van der Waals surface area (Å²) in [6.07, 6.45) is 3.02. The summed E-state index contributed by atoms with van der Waals surface area (Å²) in [6, 6.07) is 8.32. The Morgan fingerprint density at radius 2 is 2.07 bits per heavy atom. The summed E-state index contributed by atoms with van der Waals surface area (Å²) < 4.78 is 1.71. The average molecular weight is 185 g/mol. The molecule has 1 aromatic carbocycles. The zero-order chi connectivity index (χ0) is 10.1. The molecule has 0 unspecified atom stereocenters. The van der Waals surface area contributed by atoms with Crippen LogP contribution in [0.4, 0.5) is 0 Å². The molecule has 71 valence electrons. The van der Waals surface area contributed by atoms with Gasteiger partial charge in [-0.05, 0) is 31.5 Å². The van der Waals surface area contributed by atoms with Crippen LogP contribution in [0.1, 0.15) is 11.1 Å². The van der Waals surface area contributed by atoms with Crippen molar-refractivity contribution in [3.8, 4) is 11.3 Å². The Labute approximate surface area is 84.2 Å². The molecule has 0 atom stereocenters. The van der Waals surface area contributed by atoms with Crippen LogP contribution in [0.25, 0.3) is 11.3 Å². The highest BCUT2D eigenvalue weighted by molar-refractivity contribution is 5.63. The zero-order valence-corrected chi connectivity index (χ0v) is 8.70. The molecule has 0 spiro atoms. The molecule has 0 aliphatic heterocycles. The molecule has 0 N–H and O–H groups in total. The lowest BCUT2D eigenvalue weighted by molar-refractivity contribution is 0.764. The Hall–Kier alpha value is -1.57. The first-order valence-electron chi connectivity index (χ1n) is 4.66. The molecule has 0 fully saturated rings. The average Bonchev–Trinajstić information content (AvgIpc) is 2.56. The summed E-state index contributed by atoms with van der Waals surface area (Å²) in [7, 11) is 1.88. The van der Waals surface area contributed by atoms with Gasteiger partial charge in [-0.1, -0.05) is 17.7 Å². The van der Waals surface area contributed by atoms with Crippen molar-refractivity contribution in [3.05, 3.63) is 41.6 Å². The van der Waals surface area contributed by atoms with Crippen molar-refractivity contribution in [3.63, 3.8) is 0 Å². The Kier molecular flexibility index (Phi) is 2.12. The molecule has 1 radical (unpaired) electrons. The number of aryl methyl sites for hydroxylation is 3. The van der Waals surface area contributed by atoms with Gasteiger partial charge in [0.1, 0.15) is 0 Å². The molecule has 0 amide bonds. The van der Waals surface area contributed by atoms with Gasteiger partial charge in [0.2, 0.25) is 0 Å². The summed E-state index contributed by atoms with van der Waals surface area (Å²) in [5, 5.41) is 4.34. The summed E-state index contributed by atoms with van der Waals surface area (Å²) >= 11 is 0. The van der Waals surface area contributed by atoms with E-state index in [-0.39, 0.29) is 0 Å². The van der Waals surface area contributed by atoms with Gasteiger partial charge in [-0.25, -0.2) is 0 Å². The van der Waals surface area contributed by atoms with E-state index in [1.54, 1.807) is 4.68 Å². The van der Waals surface area contributed by atoms with Crippen molar-refractivity contribution >= 4 is 0 Å². The first kappa shape index (κ1) is 9.00. The van der Waals surface area contributed by atoms with E-state index in [2.05, 4.69) is 43.3 Å². The number of rotatable bonds is 1. The van der Waals surface area contributed by atoms with Gasteiger partial charge in [0, 0.05) is 12.6 Å². The largest absolute Gasteiger partial charge is 0.266 e. The van der Waals surface area contributed by atoms with Gasteiger partial charge < -0.3 is 0 Å². The molecule has 0 aliphatic rings. The Bertz CT molecular complexity index is 455. The third kappa shape index (κ3) is 1.55. The van der Waals surface area contributed by atoms with Crippen LogP contribution >= 0.6 is 0 Å². The van der Waals surface area contributed by atoms with E-state index in [0.29, 0.717) is 0 Å². The topological polar surface area (TPSA) is 17.8 Å². The van der Waals surface area contributed by atoms with Gasteiger partial charge in [-0.15, -0.1) is 0 Å². The van der Waals surface area contributed by atoms with E-state index in [9.17, 15) is 0 Å². The molecule has 1 aromatic heterocycles. The molecule has 2 nitrogen and oxygen atoms in total. The van der Waals surface area contributed by atoms with Crippen LogP contribution < -0.4 is 0 Å². The first-order valence-corrected chi connectivity index (χ1v) is 4.66. The van der Waals surface area contributed by atoms with E-state index < -0.39 is 0 Å². The maximum Gasteiger partial charge on any atom is 0.0932 e. The quantitative estimate of drug-likeness (QED) is 0.667. The van der Waals surface area contributed by atoms with Crippen LogP contribution in [0.5, 0.6) is 0 Å². The molecule has 14 heavy (non-hydrogen) atoms. The third-order valence-corrected chi connectivity index (χ3v) is 2.31.